The van der Waals surface area contributed by atoms with Crippen LogP contribution in [0.1, 0.15) is 29.2 Å². The van der Waals surface area contributed by atoms with Gasteiger partial charge in [-0.05, 0) is 42.8 Å². The predicted molar refractivity (Wildman–Crippen MR) is 132 cm³/mol. The summed E-state index contributed by atoms with van der Waals surface area (Å²) in [6, 6.07) is 20.0. The molecule has 1 aliphatic heterocycles. The minimum absolute atomic E-state index is 0.149. The Morgan fingerprint density at radius 1 is 0.941 bits per heavy atom. The number of benzene rings is 3. The third-order valence-corrected chi connectivity index (χ3v) is 7.76. The largest absolute Gasteiger partial charge is 0.496 e. The fraction of sp³-hybridized carbons (Fsp3) is 0.208. The van der Waals surface area contributed by atoms with Crippen LogP contribution in [0.2, 0.25) is 0 Å². The first-order chi connectivity index (χ1) is 16.1. The van der Waals surface area contributed by atoms with E-state index >= 15 is 0 Å². The highest BCUT2D eigenvalue weighted by atomic mass is 32.2. The van der Waals surface area contributed by atoms with Crippen LogP contribution in [-0.2, 0) is 20.0 Å². The first-order valence-electron chi connectivity index (χ1n) is 10.5. The van der Waals surface area contributed by atoms with Crippen molar-refractivity contribution < 1.29 is 21.6 Å². The lowest BCUT2D eigenvalue weighted by Gasteiger charge is -2.24. The van der Waals surface area contributed by atoms with E-state index < -0.39 is 26.1 Å². The second-order valence-electron chi connectivity index (χ2n) is 8.05. The van der Waals surface area contributed by atoms with Crippen LogP contribution in [-0.4, -0.2) is 40.3 Å². The number of para-hydroxylation sites is 1. The average Bonchev–Trinajstić information content (AvgIpc) is 3.25. The fourth-order valence-electron chi connectivity index (χ4n) is 3.82. The molecule has 1 N–H and O–H groups in total. The molecule has 178 valence electrons. The molecule has 3 aromatic rings. The molecule has 0 bridgehead atoms. The van der Waals surface area contributed by atoms with Gasteiger partial charge in [-0.1, -0.05) is 48.0 Å². The molecule has 0 fully saturated rings. The van der Waals surface area contributed by atoms with Crippen LogP contribution < -0.4 is 9.46 Å². The molecule has 10 heteroatoms. The van der Waals surface area contributed by atoms with E-state index in [1.165, 1.54) is 0 Å². The van der Waals surface area contributed by atoms with Gasteiger partial charge in [-0.25, -0.2) is 8.42 Å². The van der Waals surface area contributed by atoms with Crippen LogP contribution in [0.3, 0.4) is 0 Å². The molecule has 0 aliphatic carbocycles. The Kier molecular flexibility index (Phi) is 6.37. The zero-order valence-electron chi connectivity index (χ0n) is 19.0. The number of hydrogen-bond donors (Lipinski definition) is 1. The van der Waals surface area contributed by atoms with Crippen molar-refractivity contribution >= 4 is 31.4 Å². The maximum atomic E-state index is 13.6. The number of sulfonamides is 2. The summed E-state index contributed by atoms with van der Waals surface area (Å²) in [4.78, 5) is 0.149. The van der Waals surface area contributed by atoms with E-state index in [0.29, 0.717) is 34.7 Å². The number of hydrogen-bond acceptors (Lipinski definition) is 6. The highest BCUT2D eigenvalue weighted by Gasteiger charge is 2.39. The molecule has 34 heavy (non-hydrogen) atoms. The smallest absolute Gasteiger partial charge is 0.279 e. The van der Waals surface area contributed by atoms with E-state index in [-0.39, 0.29) is 4.90 Å². The van der Waals surface area contributed by atoms with E-state index in [4.69, 9.17) is 4.74 Å². The molecule has 0 radical (unpaired) electrons. The molecule has 0 saturated carbocycles. The quantitative estimate of drug-likeness (QED) is 0.531. The number of nitrogens with zero attached hydrogens (tertiary/aromatic N) is 2. The van der Waals surface area contributed by atoms with Crippen molar-refractivity contribution in [1.82, 2.24) is 4.41 Å². The fourth-order valence-corrected chi connectivity index (χ4v) is 5.81. The zero-order valence-corrected chi connectivity index (χ0v) is 20.6. The SMILES string of the molecule is COc1ccccc1[C@H]1CC(c2ccc(NS(C)(=O)=O)cc2)=NN1S(=O)(=O)c1ccc(C)cc1. The van der Waals surface area contributed by atoms with Crippen molar-refractivity contribution in [3.05, 3.63) is 89.5 Å². The summed E-state index contributed by atoms with van der Waals surface area (Å²) in [6.07, 6.45) is 1.40. The minimum atomic E-state index is -3.95. The summed E-state index contributed by atoms with van der Waals surface area (Å²) in [6.45, 7) is 1.89. The summed E-state index contributed by atoms with van der Waals surface area (Å²) in [7, 11) is -5.81. The Labute approximate surface area is 200 Å². The Morgan fingerprint density at radius 2 is 1.59 bits per heavy atom. The number of anilines is 1. The lowest BCUT2D eigenvalue weighted by Crippen LogP contribution is -2.27. The first-order valence-corrected chi connectivity index (χ1v) is 13.8. The summed E-state index contributed by atoms with van der Waals surface area (Å²) in [5, 5.41) is 4.53. The molecular formula is C24H25N3O5S2. The van der Waals surface area contributed by atoms with E-state index in [2.05, 4.69) is 9.82 Å². The van der Waals surface area contributed by atoms with Crippen molar-refractivity contribution in [2.45, 2.75) is 24.3 Å². The topological polar surface area (TPSA) is 105 Å². The monoisotopic (exact) mass is 499 g/mol. The molecule has 0 aromatic heterocycles. The molecule has 0 unspecified atom stereocenters. The number of methoxy groups -OCH3 is 1. The van der Waals surface area contributed by atoms with Gasteiger partial charge in [-0.15, -0.1) is 0 Å². The maximum Gasteiger partial charge on any atom is 0.279 e. The number of nitrogens with one attached hydrogen (secondary N) is 1. The molecular weight excluding hydrogens is 474 g/mol. The van der Waals surface area contributed by atoms with E-state index in [0.717, 1.165) is 16.2 Å². The molecule has 1 heterocycles. The van der Waals surface area contributed by atoms with Gasteiger partial charge in [0.2, 0.25) is 10.0 Å². The lowest BCUT2D eigenvalue weighted by atomic mass is 9.98. The summed E-state index contributed by atoms with van der Waals surface area (Å²) < 4.78 is 59.3. The molecule has 8 nitrogen and oxygen atoms in total. The van der Waals surface area contributed by atoms with Crippen LogP contribution in [0.5, 0.6) is 5.75 Å². The maximum absolute atomic E-state index is 13.6. The predicted octanol–water partition coefficient (Wildman–Crippen LogP) is 3.92. The summed E-state index contributed by atoms with van der Waals surface area (Å²) in [5.74, 6) is 0.570. The van der Waals surface area contributed by atoms with Crippen LogP contribution in [0.4, 0.5) is 5.69 Å². The summed E-state index contributed by atoms with van der Waals surface area (Å²) >= 11 is 0. The van der Waals surface area contributed by atoms with Crippen molar-refractivity contribution in [1.29, 1.82) is 0 Å². The van der Waals surface area contributed by atoms with Gasteiger partial charge >= 0.3 is 0 Å². The molecule has 1 atom stereocenters. The second kappa shape index (κ2) is 9.11. The molecule has 4 rings (SSSR count). The van der Waals surface area contributed by atoms with Gasteiger partial charge in [0.15, 0.2) is 0 Å². The molecule has 0 amide bonds. The van der Waals surface area contributed by atoms with Crippen LogP contribution in [0.15, 0.2) is 82.8 Å². The Morgan fingerprint density at radius 3 is 2.21 bits per heavy atom. The minimum Gasteiger partial charge on any atom is -0.496 e. The van der Waals surface area contributed by atoms with Gasteiger partial charge in [0.1, 0.15) is 5.75 Å². The Bertz CT molecular complexity index is 1430. The summed E-state index contributed by atoms with van der Waals surface area (Å²) in [5.41, 5.74) is 3.33. The van der Waals surface area contributed by atoms with Crippen LogP contribution >= 0.6 is 0 Å². The molecule has 3 aromatic carbocycles. The zero-order chi connectivity index (χ0) is 24.5. The third-order valence-electron chi connectivity index (χ3n) is 5.46. The highest BCUT2D eigenvalue weighted by molar-refractivity contribution is 7.92. The van der Waals surface area contributed by atoms with Gasteiger partial charge in [0.05, 0.1) is 30.0 Å². The van der Waals surface area contributed by atoms with Gasteiger partial charge in [0, 0.05) is 17.7 Å². The Hall–Kier alpha value is -3.37. The standard InChI is InChI=1S/C24H25N3O5S2/c1-17-8-14-20(15-9-17)34(30,31)27-23(21-6-4-5-7-24(21)32-2)16-22(25-27)18-10-12-19(13-11-18)26-33(3,28)29/h4-15,23,26H,16H2,1-3H3/t23-/m1/s1. The van der Waals surface area contributed by atoms with E-state index in [9.17, 15) is 16.8 Å². The normalized spacial score (nSPS) is 16.3. The third kappa shape index (κ3) is 4.92. The number of rotatable bonds is 7. The highest BCUT2D eigenvalue weighted by Crippen LogP contribution is 2.40. The van der Waals surface area contributed by atoms with Crippen molar-refractivity contribution in [2.75, 3.05) is 18.1 Å². The van der Waals surface area contributed by atoms with E-state index in [1.54, 1.807) is 61.7 Å². The van der Waals surface area contributed by atoms with Crippen LogP contribution in [0, 0.1) is 6.92 Å². The average molecular weight is 500 g/mol. The molecule has 0 saturated heterocycles. The Balaban J connectivity index is 1.77. The number of hydrazone groups is 1. The van der Waals surface area contributed by atoms with Crippen molar-refractivity contribution in [3.8, 4) is 5.75 Å². The first kappa shape index (κ1) is 23.8. The van der Waals surface area contributed by atoms with Crippen molar-refractivity contribution in [3.63, 3.8) is 0 Å². The van der Waals surface area contributed by atoms with Gasteiger partial charge in [0.25, 0.3) is 10.0 Å². The molecule has 1 aliphatic rings. The second-order valence-corrected chi connectivity index (χ2v) is 11.6. The molecule has 0 spiro atoms. The van der Waals surface area contributed by atoms with Gasteiger partial charge in [-0.3, -0.25) is 4.72 Å². The van der Waals surface area contributed by atoms with Crippen molar-refractivity contribution in [2.24, 2.45) is 5.10 Å². The van der Waals surface area contributed by atoms with Gasteiger partial charge in [-0.2, -0.15) is 17.9 Å². The van der Waals surface area contributed by atoms with Gasteiger partial charge < -0.3 is 4.74 Å². The van der Waals surface area contributed by atoms with Crippen LogP contribution in [0.25, 0.3) is 0 Å². The number of aryl methyl sites for hydroxylation is 1. The number of ether oxygens (including phenoxy) is 1. The lowest BCUT2D eigenvalue weighted by molar-refractivity contribution is 0.350. The van der Waals surface area contributed by atoms with E-state index in [1.807, 2.05) is 25.1 Å².